The second kappa shape index (κ2) is 6.71. The summed E-state index contributed by atoms with van der Waals surface area (Å²) in [6.45, 7) is 15.7. The van der Waals surface area contributed by atoms with E-state index in [4.69, 9.17) is 4.43 Å². The molecule has 0 bridgehead atoms. The normalized spacial score (nSPS) is 14.4. The first-order chi connectivity index (χ1) is 8.70. The van der Waals surface area contributed by atoms with Gasteiger partial charge in [-0.05, 0) is 37.3 Å². The molecule has 4 heteroatoms. The molecule has 0 saturated carbocycles. The molecule has 1 heterocycles. The van der Waals surface area contributed by atoms with Crippen LogP contribution >= 0.6 is 0 Å². The molecule has 0 radical (unpaired) electrons. The fourth-order valence-electron chi connectivity index (χ4n) is 2.20. The van der Waals surface area contributed by atoms with Crippen LogP contribution in [-0.2, 0) is 4.43 Å². The molecule has 0 saturated heterocycles. The van der Waals surface area contributed by atoms with Crippen molar-refractivity contribution in [2.75, 3.05) is 0 Å². The summed E-state index contributed by atoms with van der Waals surface area (Å²) in [7, 11) is -1.06. The zero-order valence-corrected chi connectivity index (χ0v) is 14.7. The van der Waals surface area contributed by atoms with Gasteiger partial charge in [0.05, 0.1) is 18.1 Å². The summed E-state index contributed by atoms with van der Waals surface area (Å²) in [5.74, 6) is 0.465. The quantitative estimate of drug-likeness (QED) is 0.785. The summed E-state index contributed by atoms with van der Waals surface area (Å²) in [4.78, 5) is 7.81. The first kappa shape index (κ1) is 16.4. The van der Waals surface area contributed by atoms with E-state index >= 15 is 0 Å². The van der Waals surface area contributed by atoms with Gasteiger partial charge in [0.2, 0.25) is 0 Å². The Morgan fingerprint density at radius 3 is 2.42 bits per heavy atom. The lowest BCUT2D eigenvalue weighted by atomic mass is 9.88. The molecule has 1 N–H and O–H groups in total. The van der Waals surface area contributed by atoms with Gasteiger partial charge in [0.25, 0.3) is 0 Å². The van der Waals surface area contributed by atoms with Crippen molar-refractivity contribution in [1.29, 1.82) is 0 Å². The maximum absolute atomic E-state index is 6.24. The van der Waals surface area contributed by atoms with Crippen LogP contribution in [0.5, 0.6) is 0 Å². The highest BCUT2D eigenvalue weighted by Crippen LogP contribution is 2.32. The van der Waals surface area contributed by atoms with Crippen LogP contribution in [0.2, 0.25) is 13.1 Å². The standard InChI is InChI=1S/C15H30N2OSi/c1-11(2)13-14(17-10-16-13)12(18-19(6)7)8-9-15(3,4)5/h10-12,19H,8-9H2,1-7H3,(H,16,17). The molecule has 1 unspecified atom stereocenters. The van der Waals surface area contributed by atoms with Gasteiger partial charge in [-0.1, -0.05) is 34.6 Å². The Hall–Kier alpha value is -0.613. The number of hydrogen-bond donors (Lipinski definition) is 1. The summed E-state index contributed by atoms with van der Waals surface area (Å²) in [6, 6.07) is 0. The number of imidazole rings is 1. The number of H-pyrrole nitrogens is 1. The van der Waals surface area contributed by atoms with Gasteiger partial charge in [0, 0.05) is 5.69 Å². The third-order valence-electron chi connectivity index (χ3n) is 3.17. The third kappa shape index (κ3) is 5.49. The highest BCUT2D eigenvalue weighted by molar-refractivity contribution is 6.48. The van der Waals surface area contributed by atoms with E-state index in [1.165, 1.54) is 5.69 Å². The highest BCUT2D eigenvalue weighted by Gasteiger charge is 2.23. The first-order valence-corrected chi connectivity index (χ1v) is 10.2. The average molecular weight is 283 g/mol. The van der Waals surface area contributed by atoms with Crippen LogP contribution in [-0.4, -0.2) is 19.0 Å². The lowest BCUT2D eigenvalue weighted by molar-refractivity contribution is 0.169. The molecule has 0 aliphatic heterocycles. The minimum atomic E-state index is -1.06. The molecule has 110 valence electrons. The van der Waals surface area contributed by atoms with Gasteiger partial charge in [0.1, 0.15) is 0 Å². The third-order valence-corrected chi connectivity index (χ3v) is 4.05. The van der Waals surface area contributed by atoms with Crippen molar-refractivity contribution in [2.45, 2.75) is 72.6 Å². The predicted molar refractivity (Wildman–Crippen MR) is 84.1 cm³/mol. The molecule has 0 spiro atoms. The first-order valence-electron chi connectivity index (χ1n) is 7.39. The van der Waals surface area contributed by atoms with Gasteiger partial charge in [-0.3, -0.25) is 0 Å². The van der Waals surface area contributed by atoms with E-state index in [2.05, 4.69) is 57.7 Å². The number of rotatable bonds is 6. The predicted octanol–water partition coefficient (Wildman–Crippen LogP) is 4.40. The molecule has 1 rings (SSSR count). The van der Waals surface area contributed by atoms with Crippen molar-refractivity contribution in [3.63, 3.8) is 0 Å². The van der Waals surface area contributed by atoms with Gasteiger partial charge in [0.15, 0.2) is 9.04 Å². The summed E-state index contributed by atoms with van der Waals surface area (Å²) in [5.41, 5.74) is 2.70. The largest absolute Gasteiger partial charge is 0.412 e. The van der Waals surface area contributed by atoms with Crippen molar-refractivity contribution in [2.24, 2.45) is 5.41 Å². The van der Waals surface area contributed by atoms with Gasteiger partial charge in [-0.15, -0.1) is 0 Å². The maximum atomic E-state index is 6.24. The van der Waals surface area contributed by atoms with E-state index < -0.39 is 9.04 Å². The number of aromatic nitrogens is 2. The van der Waals surface area contributed by atoms with E-state index in [1.807, 2.05) is 0 Å². The molecule has 1 aromatic rings. The van der Waals surface area contributed by atoms with E-state index in [0.717, 1.165) is 18.5 Å². The SMILES string of the molecule is CC(C)c1[nH]cnc1C(CCC(C)(C)C)O[SiH](C)C. The molecule has 0 aliphatic rings. The molecular formula is C15H30N2OSi. The van der Waals surface area contributed by atoms with Crippen LogP contribution in [0.3, 0.4) is 0 Å². The Labute approximate surface area is 119 Å². The van der Waals surface area contributed by atoms with Crippen LogP contribution in [0.15, 0.2) is 6.33 Å². The van der Waals surface area contributed by atoms with Gasteiger partial charge >= 0.3 is 0 Å². The van der Waals surface area contributed by atoms with Crippen molar-refractivity contribution in [1.82, 2.24) is 9.97 Å². The maximum Gasteiger partial charge on any atom is 0.171 e. The second-order valence-electron chi connectivity index (χ2n) is 7.13. The molecule has 19 heavy (non-hydrogen) atoms. The Bertz CT molecular complexity index is 380. The number of nitrogens with zero attached hydrogens (tertiary/aromatic N) is 1. The topological polar surface area (TPSA) is 37.9 Å². The van der Waals surface area contributed by atoms with Crippen LogP contribution in [0, 0.1) is 5.41 Å². The average Bonchev–Trinajstić information content (AvgIpc) is 2.71. The summed E-state index contributed by atoms with van der Waals surface area (Å²) < 4.78 is 6.24. The summed E-state index contributed by atoms with van der Waals surface area (Å²) >= 11 is 0. The Morgan fingerprint density at radius 2 is 1.95 bits per heavy atom. The van der Waals surface area contributed by atoms with Gasteiger partial charge in [-0.2, -0.15) is 0 Å². The number of hydrogen-bond acceptors (Lipinski definition) is 2. The van der Waals surface area contributed by atoms with Crippen molar-refractivity contribution in [3.8, 4) is 0 Å². The fourth-order valence-corrected chi connectivity index (χ4v) is 3.12. The van der Waals surface area contributed by atoms with Crippen LogP contribution in [0.25, 0.3) is 0 Å². The van der Waals surface area contributed by atoms with Crippen LogP contribution in [0.1, 0.15) is 70.9 Å². The Kier molecular flexibility index (Phi) is 5.80. The molecule has 3 nitrogen and oxygen atoms in total. The Morgan fingerprint density at radius 1 is 1.32 bits per heavy atom. The zero-order chi connectivity index (χ0) is 14.6. The van der Waals surface area contributed by atoms with E-state index in [0.29, 0.717) is 11.3 Å². The molecule has 0 amide bonds. The van der Waals surface area contributed by atoms with Crippen molar-refractivity contribution in [3.05, 3.63) is 17.7 Å². The summed E-state index contributed by atoms with van der Waals surface area (Å²) in [6.07, 6.45) is 4.18. The number of aromatic amines is 1. The van der Waals surface area contributed by atoms with E-state index in [9.17, 15) is 0 Å². The minimum absolute atomic E-state index is 0.162. The second-order valence-corrected chi connectivity index (χ2v) is 9.50. The van der Waals surface area contributed by atoms with Crippen LogP contribution in [0.4, 0.5) is 0 Å². The fraction of sp³-hybridized carbons (Fsp3) is 0.800. The molecule has 0 aliphatic carbocycles. The van der Waals surface area contributed by atoms with Gasteiger partial charge < -0.3 is 9.41 Å². The van der Waals surface area contributed by atoms with E-state index in [-0.39, 0.29) is 6.10 Å². The minimum Gasteiger partial charge on any atom is -0.412 e. The molecular weight excluding hydrogens is 252 g/mol. The van der Waals surface area contributed by atoms with Crippen molar-refractivity contribution < 1.29 is 4.43 Å². The van der Waals surface area contributed by atoms with Crippen molar-refractivity contribution >= 4 is 9.04 Å². The van der Waals surface area contributed by atoms with Crippen LogP contribution < -0.4 is 0 Å². The highest BCUT2D eigenvalue weighted by atomic mass is 28.3. The summed E-state index contributed by atoms with van der Waals surface area (Å²) in [5, 5.41) is 0. The molecule has 1 aromatic heterocycles. The van der Waals surface area contributed by atoms with Gasteiger partial charge in [-0.25, -0.2) is 4.98 Å². The molecule has 0 fully saturated rings. The lowest BCUT2D eigenvalue weighted by Gasteiger charge is -2.25. The monoisotopic (exact) mass is 282 g/mol. The lowest BCUT2D eigenvalue weighted by Crippen LogP contribution is -2.18. The zero-order valence-electron chi connectivity index (χ0n) is 13.6. The smallest absolute Gasteiger partial charge is 0.171 e. The molecule has 0 aromatic carbocycles. The number of nitrogens with one attached hydrogen (secondary N) is 1. The van der Waals surface area contributed by atoms with E-state index in [1.54, 1.807) is 6.33 Å². The molecule has 1 atom stereocenters. The Balaban J connectivity index is 2.86.